The van der Waals surface area contributed by atoms with Gasteiger partial charge in [-0.25, -0.2) is 9.18 Å². The van der Waals surface area contributed by atoms with Gasteiger partial charge in [0.1, 0.15) is 11.6 Å². The van der Waals surface area contributed by atoms with Crippen LogP contribution in [0.15, 0.2) is 48.5 Å². The van der Waals surface area contributed by atoms with Crippen LogP contribution in [-0.4, -0.2) is 35.3 Å². The van der Waals surface area contributed by atoms with E-state index in [-0.39, 0.29) is 24.9 Å². The van der Waals surface area contributed by atoms with Gasteiger partial charge in [-0.05, 0) is 31.5 Å². The Balaban J connectivity index is 2.16. The second-order valence-corrected chi connectivity index (χ2v) is 5.87. The minimum Gasteiger partial charge on any atom is -0.489 e. The molecule has 2 aromatic rings. The van der Waals surface area contributed by atoms with Gasteiger partial charge in [0.25, 0.3) is 0 Å². The molecule has 25 heavy (non-hydrogen) atoms. The van der Waals surface area contributed by atoms with Crippen LogP contribution in [0.1, 0.15) is 19.4 Å². The van der Waals surface area contributed by atoms with Gasteiger partial charge in [-0.2, -0.15) is 0 Å². The Hall–Kier alpha value is -2.60. The molecule has 0 heterocycles. The fourth-order valence-corrected chi connectivity index (χ4v) is 2.33. The monoisotopic (exact) mass is 346 g/mol. The smallest absolute Gasteiger partial charge is 0.322 e. The van der Waals surface area contributed by atoms with E-state index in [1.807, 2.05) is 44.2 Å². The summed E-state index contributed by atoms with van der Waals surface area (Å²) in [5, 5.41) is 11.9. The SMILES string of the molecule is CC(C)Oc1ccc(F)cc1NC(=O)N(CCO)Cc1ccccc1. The number of carbonyl (C=O) groups excluding carboxylic acids is 1. The zero-order chi connectivity index (χ0) is 18.2. The van der Waals surface area contributed by atoms with Crippen molar-refractivity contribution in [3.8, 4) is 5.75 Å². The molecule has 0 aromatic heterocycles. The minimum atomic E-state index is -0.469. The fourth-order valence-electron chi connectivity index (χ4n) is 2.33. The molecule has 0 bridgehead atoms. The van der Waals surface area contributed by atoms with Gasteiger partial charge < -0.3 is 20.1 Å². The highest BCUT2D eigenvalue weighted by molar-refractivity contribution is 5.91. The maximum atomic E-state index is 13.6. The average Bonchev–Trinajstić information content (AvgIpc) is 2.57. The molecule has 5 nitrogen and oxygen atoms in total. The number of benzene rings is 2. The highest BCUT2D eigenvalue weighted by Crippen LogP contribution is 2.27. The Labute approximate surface area is 147 Å². The van der Waals surface area contributed by atoms with Gasteiger partial charge in [0.2, 0.25) is 0 Å². The number of amides is 2. The molecule has 0 saturated heterocycles. The Kier molecular flexibility index (Phi) is 6.77. The summed E-state index contributed by atoms with van der Waals surface area (Å²) in [6.07, 6.45) is -0.112. The highest BCUT2D eigenvalue weighted by Gasteiger charge is 2.17. The number of nitrogens with one attached hydrogen (secondary N) is 1. The number of anilines is 1. The van der Waals surface area contributed by atoms with Crippen molar-refractivity contribution >= 4 is 11.7 Å². The van der Waals surface area contributed by atoms with Crippen molar-refractivity contribution in [2.75, 3.05) is 18.5 Å². The molecule has 2 aromatic carbocycles. The lowest BCUT2D eigenvalue weighted by Gasteiger charge is -2.23. The number of nitrogens with zero attached hydrogens (tertiary/aromatic N) is 1. The van der Waals surface area contributed by atoms with Crippen molar-refractivity contribution in [1.29, 1.82) is 0 Å². The summed E-state index contributed by atoms with van der Waals surface area (Å²) in [4.78, 5) is 14.0. The van der Waals surface area contributed by atoms with Gasteiger partial charge in [-0.1, -0.05) is 30.3 Å². The molecule has 0 fully saturated rings. The lowest BCUT2D eigenvalue weighted by atomic mass is 10.2. The van der Waals surface area contributed by atoms with Gasteiger partial charge in [0.05, 0.1) is 18.4 Å². The molecule has 0 atom stereocenters. The first-order valence-corrected chi connectivity index (χ1v) is 8.16. The van der Waals surface area contributed by atoms with Crippen LogP contribution in [-0.2, 0) is 6.54 Å². The van der Waals surface area contributed by atoms with Crippen molar-refractivity contribution in [2.45, 2.75) is 26.5 Å². The number of hydrogen-bond donors (Lipinski definition) is 2. The van der Waals surface area contributed by atoms with E-state index in [1.54, 1.807) is 0 Å². The number of rotatable bonds is 7. The predicted molar refractivity (Wildman–Crippen MR) is 95.1 cm³/mol. The maximum absolute atomic E-state index is 13.6. The van der Waals surface area contributed by atoms with Crippen LogP contribution in [0.5, 0.6) is 5.75 Å². The van der Waals surface area contributed by atoms with E-state index < -0.39 is 11.8 Å². The Morgan fingerprint density at radius 1 is 1.24 bits per heavy atom. The molecule has 0 aliphatic rings. The molecule has 0 aliphatic heterocycles. The van der Waals surface area contributed by atoms with Crippen LogP contribution in [0.4, 0.5) is 14.9 Å². The summed E-state index contributed by atoms with van der Waals surface area (Å²) >= 11 is 0. The number of halogens is 1. The maximum Gasteiger partial charge on any atom is 0.322 e. The highest BCUT2D eigenvalue weighted by atomic mass is 19.1. The zero-order valence-corrected chi connectivity index (χ0v) is 14.4. The Bertz CT molecular complexity index is 692. The third kappa shape index (κ3) is 5.76. The van der Waals surface area contributed by atoms with E-state index in [0.717, 1.165) is 5.56 Å². The standard InChI is InChI=1S/C19H23FN2O3/c1-14(2)25-18-9-8-16(20)12-17(18)21-19(24)22(10-11-23)13-15-6-4-3-5-7-15/h3-9,12,14,23H,10-11,13H2,1-2H3,(H,21,24). The zero-order valence-electron chi connectivity index (χ0n) is 14.4. The average molecular weight is 346 g/mol. The van der Waals surface area contributed by atoms with Crippen LogP contribution < -0.4 is 10.1 Å². The van der Waals surface area contributed by atoms with Crippen molar-refractivity contribution in [2.24, 2.45) is 0 Å². The first kappa shape index (κ1) is 18.7. The molecule has 0 spiro atoms. The first-order chi connectivity index (χ1) is 12.0. The molecule has 134 valence electrons. The number of carbonyl (C=O) groups is 1. The van der Waals surface area contributed by atoms with Crippen molar-refractivity contribution in [3.05, 3.63) is 59.9 Å². The summed E-state index contributed by atoms with van der Waals surface area (Å²) < 4.78 is 19.2. The molecule has 0 unspecified atom stereocenters. The summed E-state index contributed by atoms with van der Waals surface area (Å²) in [5.74, 6) is -0.0726. The minimum absolute atomic E-state index is 0.112. The predicted octanol–water partition coefficient (Wildman–Crippen LogP) is 3.64. The van der Waals surface area contributed by atoms with E-state index >= 15 is 0 Å². The van der Waals surface area contributed by atoms with Gasteiger partial charge >= 0.3 is 6.03 Å². The van der Waals surface area contributed by atoms with E-state index in [1.165, 1.54) is 23.1 Å². The molecule has 6 heteroatoms. The number of aliphatic hydroxyl groups excluding tert-OH is 1. The molecular formula is C19H23FN2O3. The fraction of sp³-hybridized carbons (Fsp3) is 0.316. The molecule has 0 radical (unpaired) electrons. The van der Waals surface area contributed by atoms with Crippen molar-refractivity contribution in [3.63, 3.8) is 0 Å². The second-order valence-electron chi connectivity index (χ2n) is 5.87. The molecule has 2 amide bonds. The number of aliphatic hydroxyl groups is 1. The number of urea groups is 1. The van der Waals surface area contributed by atoms with E-state index in [4.69, 9.17) is 4.74 Å². The molecule has 2 rings (SSSR count). The van der Waals surface area contributed by atoms with E-state index in [0.29, 0.717) is 12.3 Å². The van der Waals surface area contributed by atoms with Gasteiger partial charge in [-0.3, -0.25) is 0 Å². The topological polar surface area (TPSA) is 61.8 Å². The van der Waals surface area contributed by atoms with E-state index in [9.17, 15) is 14.3 Å². The number of hydrogen-bond acceptors (Lipinski definition) is 3. The van der Waals surface area contributed by atoms with Crippen LogP contribution in [0.25, 0.3) is 0 Å². The van der Waals surface area contributed by atoms with Crippen LogP contribution in [0.2, 0.25) is 0 Å². The first-order valence-electron chi connectivity index (χ1n) is 8.16. The van der Waals surface area contributed by atoms with Crippen molar-refractivity contribution in [1.82, 2.24) is 4.90 Å². The molecule has 0 saturated carbocycles. The molecule has 2 N–H and O–H groups in total. The summed E-state index contributed by atoms with van der Waals surface area (Å²) in [7, 11) is 0. The normalized spacial score (nSPS) is 10.6. The van der Waals surface area contributed by atoms with E-state index in [2.05, 4.69) is 5.32 Å². The number of ether oxygens (including phenoxy) is 1. The molecular weight excluding hydrogens is 323 g/mol. The van der Waals surface area contributed by atoms with Gasteiger partial charge in [0.15, 0.2) is 0 Å². The quantitative estimate of drug-likeness (QED) is 0.805. The van der Waals surface area contributed by atoms with Crippen LogP contribution in [0.3, 0.4) is 0 Å². The Morgan fingerprint density at radius 3 is 2.60 bits per heavy atom. The van der Waals surface area contributed by atoms with Crippen LogP contribution >= 0.6 is 0 Å². The Morgan fingerprint density at radius 2 is 1.96 bits per heavy atom. The van der Waals surface area contributed by atoms with Gasteiger partial charge in [0, 0.05) is 19.2 Å². The molecule has 0 aliphatic carbocycles. The lowest BCUT2D eigenvalue weighted by molar-refractivity contribution is 0.185. The largest absolute Gasteiger partial charge is 0.489 e. The second kappa shape index (κ2) is 9.03. The van der Waals surface area contributed by atoms with Crippen LogP contribution in [0, 0.1) is 5.82 Å². The summed E-state index contributed by atoms with van der Waals surface area (Å²) in [6, 6.07) is 13.0. The van der Waals surface area contributed by atoms with Gasteiger partial charge in [-0.15, -0.1) is 0 Å². The lowest BCUT2D eigenvalue weighted by Crippen LogP contribution is -2.36. The van der Waals surface area contributed by atoms with Crippen molar-refractivity contribution < 1.29 is 19.0 Å². The summed E-state index contributed by atoms with van der Waals surface area (Å²) in [6.45, 7) is 4.03. The third-order valence-corrected chi connectivity index (χ3v) is 3.42. The summed E-state index contributed by atoms with van der Waals surface area (Å²) in [5.41, 5.74) is 1.19. The third-order valence-electron chi connectivity index (χ3n) is 3.42.